The molecule has 1 saturated heterocycles. The molecule has 1 aliphatic heterocycles. The summed E-state index contributed by atoms with van der Waals surface area (Å²) in [6.45, 7) is 9.54. The fraction of sp³-hybridized carbons (Fsp3) is 0.385. The lowest BCUT2D eigenvalue weighted by Gasteiger charge is -2.34. The fourth-order valence-corrected chi connectivity index (χ4v) is 3.96. The van der Waals surface area contributed by atoms with Crippen molar-refractivity contribution in [2.75, 3.05) is 50.5 Å². The van der Waals surface area contributed by atoms with Crippen molar-refractivity contribution in [3.63, 3.8) is 0 Å². The zero-order valence-electron chi connectivity index (χ0n) is 20.0. The van der Waals surface area contributed by atoms with Crippen molar-refractivity contribution in [2.24, 2.45) is 0 Å². The maximum Gasteiger partial charge on any atom is 0.277 e. The molecular formula is C26H33N5O2. The number of nitrogens with zero attached hydrogens (tertiary/aromatic N) is 4. The van der Waals surface area contributed by atoms with Gasteiger partial charge in [0.1, 0.15) is 6.26 Å². The van der Waals surface area contributed by atoms with E-state index in [9.17, 15) is 4.79 Å². The van der Waals surface area contributed by atoms with Crippen molar-refractivity contribution >= 4 is 17.3 Å². The van der Waals surface area contributed by atoms with Crippen LogP contribution in [0, 0.1) is 13.8 Å². The molecule has 0 radical (unpaired) electrons. The highest BCUT2D eigenvalue weighted by atomic mass is 16.3. The number of piperazine rings is 1. The molecule has 7 heteroatoms. The summed E-state index contributed by atoms with van der Waals surface area (Å²) < 4.78 is 5.59. The first-order valence-corrected chi connectivity index (χ1v) is 11.4. The van der Waals surface area contributed by atoms with Crippen LogP contribution < -0.4 is 10.2 Å². The number of benzene rings is 2. The van der Waals surface area contributed by atoms with Gasteiger partial charge in [-0.1, -0.05) is 18.2 Å². The molecule has 0 unspecified atom stereocenters. The molecule has 0 aliphatic carbocycles. The van der Waals surface area contributed by atoms with E-state index < -0.39 is 0 Å². The van der Waals surface area contributed by atoms with Gasteiger partial charge >= 0.3 is 0 Å². The Balaban J connectivity index is 1.25. The van der Waals surface area contributed by atoms with Crippen molar-refractivity contribution in [2.45, 2.75) is 26.9 Å². The average Bonchev–Trinajstić information content (AvgIpc) is 3.27. The molecule has 1 N–H and O–H groups in total. The number of hydrogen-bond acceptors (Lipinski definition) is 6. The van der Waals surface area contributed by atoms with Gasteiger partial charge in [0, 0.05) is 58.2 Å². The minimum absolute atomic E-state index is 0.252. The summed E-state index contributed by atoms with van der Waals surface area (Å²) in [5, 5.41) is 2.90. The molecule has 3 aromatic rings. The Bertz CT molecular complexity index is 1080. The molecule has 2 heterocycles. The van der Waals surface area contributed by atoms with Gasteiger partial charge in [-0.3, -0.25) is 14.6 Å². The zero-order valence-corrected chi connectivity index (χ0v) is 20.0. The van der Waals surface area contributed by atoms with E-state index in [2.05, 4.69) is 63.4 Å². The van der Waals surface area contributed by atoms with Crippen molar-refractivity contribution in [1.82, 2.24) is 14.8 Å². The fourth-order valence-electron chi connectivity index (χ4n) is 3.96. The summed E-state index contributed by atoms with van der Waals surface area (Å²) in [6, 6.07) is 14.6. The van der Waals surface area contributed by atoms with E-state index in [0.717, 1.165) is 44.0 Å². The van der Waals surface area contributed by atoms with Crippen LogP contribution >= 0.6 is 0 Å². The summed E-state index contributed by atoms with van der Waals surface area (Å²) in [5.41, 5.74) is 5.96. The van der Waals surface area contributed by atoms with Crippen LogP contribution in [0.4, 0.5) is 11.4 Å². The Morgan fingerprint density at radius 3 is 2.27 bits per heavy atom. The third-order valence-electron chi connectivity index (χ3n) is 6.23. The number of amides is 1. The maximum atomic E-state index is 12.5. The molecule has 1 fully saturated rings. The van der Waals surface area contributed by atoms with Crippen molar-refractivity contribution in [3.05, 3.63) is 77.0 Å². The second-order valence-electron chi connectivity index (χ2n) is 8.99. The number of rotatable bonds is 7. The number of aryl methyl sites for hydroxylation is 2. The number of aromatic nitrogens is 1. The van der Waals surface area contributed by atoms with Crippen LogP contribution in [0.25, 0.3) is 0 Å². The van der Waals surface area contributed by atoms with Gasteiger partial charge in [0.25, 0.3) is 5.91 Å². The molecule has 33 heavy (non-hydrogen) atoms. The van der Waals surface area contributed by atoms with E-state index in [1.54, 1.807) is 0 Å². The largest absolute Gasteiger partial charge is 0.447 e. The normalized spacial score (nSPS) is 14.9. The van der Waals surface area contributed by atoms with E-state index >= 15 is 0 Å². The Hall–Kier alpha value is -3.16. The van der Waals surface area contributed by atoms with Crippen LogP contribution in [0.3, 0.4) is 0 Å². The van der Waals surface area contributed by atoms with Gasteiger partial charge in [0.05, 0.1) is 6.54 Å². The lowest BCUT2D eigenvalue weighted by molar-refractivity contribution is 0.102. The van der Waals surface area contributed by atoms with Crippen molar-refractivity contribution in [3.8, 4) is 0 Å². The van der Waals surface area contributed by atoms with Crippen molar-refractivity contribution in [1.29, 1.82) is 0 Å². The minimum atomic E-state index is -0.252. The first kappa shape index (κ1) is 23.0. The summed E-state index contributed by atoms with van der Waals surface area (Å²) in [7, 11) is 4.12. The molecule has 0 saturated carbocycles. The van der Waals surface area contributed by atoms with E-state index in [4.69, 9.17) is 4.42 Å². The van der Waals surface area contributed by atoms with Crippen LogP contribution in [-0.2, 0) is 13.1 Å². The highest BCUT2D eigenvalue weighted by Crippen LogP contribution is 2.17. The number of anilines is 2. The zero-order chi connectivity index (χ0) is 23.4. The number of nitrogens with one attached hydrogen (secondary N) is 1. The molecule has 0 bridgehead atoms. The Morgan fingerprint density at radius 2 is 1.64 bits per heavy atom. The topological polar surface area (TPSA) is 64.9 Å². The second kappa shape index (κ2) is 10.2. The lowest BCUT2D eigenvalue weighted by atomic mass is 10.1. The Morgan fingerprint density at radius 1 is 0.970 bits per heavy atom. The van der Waals surface area contributed by atoms with Gasteiger partial charge in [-0.05, 0) is 54.8 Å². The summed E-state index contributed by atoms with van der Waals surface area (Å²) >= 11 is 0. The highest BCUT2D eigenvalue weighted by molar-refractivity contribution is 6.02. The monoisotopic (exact) mass is 447 g/mol. The molecule has 0 spiro atoms. The van der Waals surface area contributed by atoms with Gasteiger partial charge in [0.2, 0.25) is 5.89 Å². The van der Waals surface area contributed by atoms with Crippen LogP contribution in [0.15, 0.2) is 53.1 Å². The third kappa shape index (κ3) is 6.00. The van der Waals surface area contributed by atoms with Crippen LogP contribution in [0.1, 0.15) is 33.1 Å². The molecule has 7 nitrogen and oxygen atoms in total. The third-order valence-corrected chi connectivity index (χ3v) is 6.23. The molecule has 2 aromatic carbocycles. The molecule has 174 valence electrons. The van der Waals surface area contributed by atoms with Gasteiger partial charge in [-0.25, -0.2) is 4.98 Å². The second-order valence-corrected chi connectivity index (χ2v) is 8.99. The quantitative estimate of drug-likeness (QED) is 0.592. The molecule has 4 rings (SSSR count). The maximum absolute atomic E-state index is 12.5. The Labute approximate surface area is 196 Å². The van der Waals surface area contributed by atoms with E-state index in [1.807, 2.05) is 32.0 Å². The average molecular weight is 448 g/mol. The molecular weight excluding hydrogens is 414 g/mol. The predicted molar refractivity (Wildman–Crippen MR) is 132 cm³/mol. The lowest BCUT2D eigenvalue weighted by Crippen LogP contribution is -2.45. The smallest absolute Gasteiger partial charge is 0.277 e. The summed E-state index contributed by atoms with van der Waals surface area (Å²) in [5.74, 6) is 0.325. The number of carbonyl (C=O) groups excluding carboxylic acids is 1. The molecule has 0 atom stereocenters. The SMILES string of the molecule is Cc1ccc(NC(=O)c2coc(CN3CCN(Cc4ccc(N(C)C)cc4)CC3)n2)cc1C. The summed E-state index contributed by atoms with van der Waals surface area (Å²) in [4.78, 5) is 23.9. The van der Waals surface area contributed by atoms with E-state index in [-0.39, 0.29) is 5.91 Å². The van der Waals surface area contributed by atoms with Gasteiger partial charge in [0.15, 0.2) is 5.69 Å². The van der Waals surface area contributed by atoms with Gasteiger partial charge < -0.3 is 14.6 Å². The number of carbonyl (C=O) groups is 1. The number of hydrogen-bond donors (Lipinski definition) is 1. The Kier molecular flexibility index (Phi) is 7.11. The van der Waals surface area contributed by atoms with E-state index in [1.165, 1.54) is 23.1 Å². The van der Waals surface area contributed by atoms with E-state index in [0.29, 0.717) is 18.1 Å². The standard InChI is InChI=1S/C26H33N5O2/c1-19-5-8-22(15-20(19)2)27-26(32)24-18-33-25(28-24)17-31-13-11-30(12-14-31)16-21-6-9-23(10-7-21)29(3)4/h5-10,15,18H,11-14,16-17H2,1-4H3,(H,27,32). The number of oxazole rings is 1. The molecule has 1 aromatic heterocycles. The van der Waals surface area contributed by atoms with Gasteiger partial charge in [-0.15, -0.1) is 0 Å². The minimum Gasteiger partial charge on any atom is -0.447 e. The molecule has 1 aliphatic rings. The van der Waals surface area contributed by atoms with Crippen LogP contribution in [0.5, 0.6) is 0 Å². The van der Waals surface area contributed by atoms with Crippen LogP contribution in [-0.4, -0.2) is 61.0 Å². The first-order valence-electron chi connectivity index (χ1n) is 11.4. The predicted octanol–water partition coefficient (Wildman–Crippen LogP) is 3.93. The summed E-state index contributed by atoms with van der Waals surface area (Å²) in [6.07, 6.45) is 1.44. The molecule has 1 amide bonds. The van der Waals surface area contributed by atoms with Crippen molar-refractivity contribution < 1.29 is 9.21 Å². The highest BCUT2D eigenvalue weighted by Gasteiger charge is 2.20. The van der Waals surface area contributed by atoms with Gasteiger partial charge in [-0.2, -0.15) is 0 Å². The first-order chi connectivity index (χ1) is 15.9. The van der Waals surface area contributed by atoms with Crippen LogP contribution in [0.2, 0.25) is 0 Å².